The molecule has 0 radical (unpaired) electrons. The number of carbonyl (C=O) groups is 1. The van der Waals surface area contributed by atoms with E-state index in [0.29, 0.717) is 0 Å². The van der Waals surface area contributed by atoms with E-state index >= 15 is 0 Å². The van der Waals surface area contributed by atoms with Gasteiger partial charge in [-0.3, -0.25) is 0 Å². The first kappa shape index (κ1) is 12.2. The lowest BCUT2D eigenvalue weighted by Gasteiger charge is -2.10. The number of esters is 1. The lowest BCUT2D eigenvalue weighted by Crippen LogP contribution is -2.06. The Morgan fingerprint density at radius 2 is 1.94 bits per heavy atom. The van der Waals surface area contributed by atoms with Gasteiger partial charge in [-0.1, -0.05) is 0 Å². The van der Waals surface area contributed by atoms with E-state index in [-0.39, 0.29) is 17.1 Å². The Balaban J connectivity index is 3.01. The molecule has 1 aromatic rings. The van der Waals surface area contributed by atoms with Crippen LogP contribution >= 0.6 is 0 Å². The summed E-state index contributed by atoms with van der Waals surface area (Å²) in [6, 6.07) is 3.80. The van der Waals surface area contributed by atoms with Crippen LogP contribution in [0.15, 0.2) is 18.2 Å². The molecule has 0 spiro atoms. The average Bonchev–Trinajstić information content (AvgIpc) is 2.27. The average molecular weight is 232 g/mol. The van der Waals surface area contributed by atoms with E-state index < -0.39 is 12.6 Å². The van der Waals surface area contributed by atoms with Gasteiger partial charge in [0.25, 0.3) is 0 Å². The monoisotopic (exact) mass is 232 g/mol. The molecule has 0 aliphatic carbocycles. The number of hydrogen-bond acceptors (Lipinski definition) is 4. The standard InChI is InChI=1S/C10H10F2O4/c1-14-8-5-6(9(13)15-2)3-4-7(8)16-10(11)12/h3-5,10H,1-2H3. The predicted molar refractivity (Wildman–Crippen MR) is 51.0 cm³/mol. The lowest BCUT2D eigenvalue weighted by molar-refractivity contribution is -0.0512. The van der Waals surface area contributed by atoms with Gasteiger partial charge < -0.3 is 14.2 Å². The Bertz CT molecular complexity index is 379. The molecule has 0 saturated heterocycles. The number of rotatable bonds is 4. The molecular weight excluding hydrogens is 222 g/mol. The number of hydrogen-bond donors (Lipinski definition) is 0. The summed E-state index contributed by atoms with van der Waals surface area (Å²) in [4.78, 5) is 11.1. The first-order valence-corrected chi connectivity index (χ1v) is 4.29. The maximum atomic E-state index is 12.0. The van der Waals surface area contributed by atoms with Crippen LogP contribution in [-0.2, 0) is 4.74 Å². The first-order chi connectivity index (χ1) is 7.58. The summed E-state index contributed by atoms with van der Waals surface area (Å²) in [7, 11) is 2.51. The summed E-state index contributed by atoms with van der Waals surface area (Å²) < 4.78 is 37.5. The second-order valence-electron chi connectivity index (χ2n) is 2.74. The summed E-state index contributed by atoms with van der Waals surface area (Å²) in [5.74, 6) is -0.671. The second kappa shape index (κ2) is 5.29. The van der Waals surface area contributed by atoms with E-state index in [4.69, 9.17) is 4.74 Å². The third kappa shape index (κ3) is 2.82. The Hall–Kier alpha value is -1.85. The van der Waals surface area contributed by atoms with E-state index in [1.165, 1.54) is 32.4 Å². The van der Waals surface area contributed by atoms with Gasteiger partial charge in [0.2, 0.25) is 0 Å². The molecule has 16 heavy (non-hydrogen) atoms. The van der Waals surface area contributed by atoms with Crippen molar-refractivity contribution >= 4 is 5.97 Å². The van der Waals surface area contributed by atoms with Crippen molar-refractivity contribution in [2.45, 2.75) is 6.61 Å². The van der Waals surface area contributed by atoms with E-state index in [1.807, 2.05) is 0 Å². The van der Waals surface area contributed by atoms with Crippen molar-refractivity contribution in [3.8, 4) is 11.5 Å². The van der Waals surface area contributed by atoms with Crippen molar-refractivity contribution in [1.82, 2.24) is 0 Å². The summed E-state index contributed by atoms with van der Waals surface area (Å²) in [5.41, 5.74) is 0.195. The van der Waals surface area contributed by atoms with Crippen molar-refractivity contribution in [2.24, 2.45) is 0 Å². The van der Waals surface area contributed by atoms with Crippen LogP contribution in [0.4, 0.5) is 8.78 Å². The van der Waals surface area contributed by atoms with Gasteiger partial charge in [-0.05, 0) is 18.2 Å². The van der Waals surface area contributed by atoms with E-state index in [1.54, 1.807) is 0 Å². The van der Waals surface area contributed by atoms with E-state index in [2.05, 4.69) is 9.47 Å². The molecule has 0 N–H and O–H groups in total. The van der Waals surface area contributed by atoms with Gasteiger partial charge in [-0.15, -0.1) is 0 Å². The fourth-order valence-electron chi connectivity index (χ4n) is 1.11. The van der Waals surface area contributed by atoms with Crippen LogP contribution < -0.4 is 9.47 Å². The van der Waals surface area contributed by atoms with E-state index in [9.17, 15) is 13.6 Å². The largest absolute Gasteiger partial charge is 0.493 e. The Morgan fingerprint density at radius 3 is 2.44 bits per heavy atom. The molecule has 0 aliphatic rings. The molecule has 4 nitrogen and oxygen atoms in total. The second-order valence-corrected chi connectivity index (χ2v) is 2.74. The maximum Gasteiger partial charge on any atom is 0.387 e. The number of alkyl halides is 2. The number of carbonyl (C=O) groups excluding carboxylic acids is 1. The highest BCUT2D eigenvalue weighted by Gasteiger charge is 2.14. The molecule has 0 bridgehead atoms. The van der Waals surface area contributed by atoms with Gasteiger partial charge in [0, 0.05) is 0 Å². The van der Waals surface area contributed by atoms with Crippen LogP contribution in [0.2, 0.25) is 0 Å². The fourth-order valence-corrected chi connectivity index (χ4v) is 1.11. The molecule has 88 valence electrons. The summed E-state index contributed by atoms with van der Waals surface area (Å²) in [6.45, 7) is -2.95. The highest BCUT2D eigenvalue weighted by atomic mass is 19.3. The number of methoxy groups -OCH3 is 2. The molecular formula is C10H10F2O4. The zero-order chi connectivity index (χ0) is 12.1. The first-order valence-electron chi connectivity index (χ1n) is 4.29. The van der Waals surface area contributed by atoms with Crippen molar-refractivity contribution in [1.29, 1.82) is 0 Å². The number of ether oxygens (including phenoxy) is 3. The van der Waals surface area contributed by atoms with Crippen LogP contribution in [0.1, 0.15) is 10.4 Å². The Morgan fingerprint density at radius 1 is 1.25 bits per heavy atom. The van der Waals surface area contributed by atoms with Crippen LogP contribution in [0.3, 0.4) is 0 Å². The summed E-state index contributed by atoms with van der Waals surface area (Å²) >= 11 is 0. The molecule has 0 fully saturated rings. The normalized spacial score (nSPS) is 10.1. The van der Waals surface area contributed by atoms with Crippen LogP contribution in [-0.4, -0.2) is 26.8 Å². The molecule has 1 aromatic carbocycles. The lowest BCUT2D eigenvalue weighted by atomic mass is 10.2. The maximum absolute atomic E-state index is 12.0. The van der Waals surface area contributed by atoms with Crippen LogP contribution in [0, 0.1) is 0 Å². The molecule has 0 unspecified atom stereocenters. The molecule has 6 heteroatoms. The number of benzene rings is 1. The highest BCUT2D eigenvalue weighted by Crippen LogP contribution is 2.29. The fraction of sp³-hybridized carbons (Fsp3) is 0.300. The minimum atomic E-state index is -2.95. The van der Waals surface area contributed by atoms with Gasteiger partial charge in [0.15, 0.2) is 11.5 Å². The zero-order valence-electron chi connectivity index (χ0n) is 8.70. The van der Waals surface area contributed by atoms with Gasteiger partial charge in [0.05, 0.1) is 19.8 Å². The summed E-state index contributed by atoms with van der Waals surface area (Å²) in [6.07, 6.45) is 0. The molecule has 0 amide bonds. The minimum absolute atomic E-state index is 0.0446. The molecule has 0 atom stereocenters. The quantitative estimate of drug-likeness (QED) is 0.745. The Labute approximate surface area is 90.7 Å². The highest BCUT2D eigenvalue weighted by molar-refractivity contribution is 5.90. The van der Waals surface area contributed by atoms with Gasteiger partial charge in [-0.2, -0.15) is 8.78 Å². The summed E-state index contributed by atoms with van der Waals surface area (Å²) in [5, 5.41) is 0. The molecule has 0 aliphatic heterocycles. The van der Waals surface area contributed by atoms with Gasteiger partial charge >= 0.3 is 12.6 Å². The zero-order valence-corrected chi connectivity index (χ0v) is 8.70. The van der Waals surface area contributed by atoms with Gasteiger partial charge in [0.1, 0.15) is 0 Å². The predicted octanol–water partition coefficient (Wildman–Crippen LogP) is 2.08. The van der Waals surface area contributed by atoms with Gasteiger partial charge in [-0.25, -0.2) is 4.79 Å². The molecule has 1 rings (SSSR count). The molecule has 0 aromatic heterocycles. The van der Waals surface area contributed by atoms with E-state index in [0.717, 1.165) is 0 Å². The third-order valence-electron chi connectivity index (χ3n) is 1.80. The Kier molecular flexibility index (Phi) is 4.04. The third-order valence-corrected chi connectivity index (χ3v) is 1.80. The molecule has 0 saturated carbocycles. The van der Waals surface area contributed by atoms with Crippen LogP contribution in [0.5, 0.6) is 11.5 Å². The topological polar surface area (TPSA) is 44.8 Å². The molecule has 0 heterocycles. The van der Waals surface area contributed by atoms with Crippen molar-refractivity contribution in [3.63, 3.8) is 0 Å². The SMILES string of the molecule is COC(=O)c1ccc(OC(F)F)c(OC)c1. The van der Waals surface area contributed by atoms with Crippen molar-refractivity contribution < 1.29 is 27.8 Å². The minimum Gasteiger partial charge on any atom is -0.493 e. The van der Waals surface area contributed by atoms with Crippen molar-refractivity contribution in [3.05, 3.63) is 23.8 Å². The number of halogens is 2. The van der Waals surface area contributed by atoms with Crippen LogP contribution in [0.25, 0.3) is 0 Å². The smallest absolute Gasteiger partial charge is 0.387 e. The van der Waals surface area contributed by atoms with Crippen molar-refractivity contribution in [2.75, 3.05) is 14.2 Å².